The van der Waals surface area contributed by atoms with Crippen molar-refractivity contribution in [3.63, 3.8) is 0 Å². The Kier molecular flexibility index (Phi) is 2.59. The molecule has 0 aromatic carbocycles. The molecular weight excluding hydrogens is 214 g/mol. The number of anilines is 1. The van der Waals surface area contributed by atoms with E-state index < -0.39 is 0 Å². The summed E-state index contributed by atoms with van der Waals surface area (Å²) in [6.07, 6.45) is 1.70. The number of nitrogens with one attached hydrogen (secondary N) is 1. The molecule has 0 bridgehead atoms. The van der Waals surface area contributed by atoms with Gasteiger partial charge in [0.15, 0.2) is 0 Å². The molecule has 2 rings (SSSR count). The highest BCUT2D eigenvalue weighted by Gasteiger charge is 1.97. The number of thiophene rings is 1. The van der Waals surface area contributed by atoms with Crippen molar-refractivity contribution >= 4 is 23.5 Å². The normalized spacial score (nSPS) is 11.0. The first-order valence-electron chi connectivity index (χ1n) is 4.14. The largest absolute Gasteiger partial charge is 0.365 e. The smallest absolute Gasteiger partial charge is 0.262 e. The molecule has 0 radical (unpaired) electrons. The highest BCUT2D eigenvalue weighted by atomic mass is 32.1. The number of tetrazole rings is 1. The number of hydrogen-bond acceptors (Lipinski definition) is 7. The van der Waals surface area contributed by atoms with E-state index in [0.717, 1.165) is 4.88 Å². The monoisotopic (exact) mass is 223 g/mol. The van der Waals surface area contributed by atoms with E-state index in [9.17, 15) is 0 Å². The van der Waals surface area contributed by atoms with Gasteiger partial charge >= 0.3 is 0 Å². The number of hydrogen-bond donors (Lipinski definition) is 2. The molecule has 0 aliphatic carbocycles. The number of nitrogens with zero attached hydrogens (tertiary/aromatic N) is 5. The fourth-order valence-electron chi connectivity index (χ4n) is 0.924. The van der Waals surface area contributed by atoms with Crippen LogP contribution in [0.4, 0.5) is 5.95 Å². The number of rotatable bonds is 3. The molecule has 0 fully saturated rings. The summed E-state index contributed by atoms with van der Waals surface area (Å²) in [5.41, 5.74) is 9.19. The summed E-state index contributed by atoms with van der Waals surface area (Å²) in [6.45, 7) is 2.02. The van der Waals surface area contributed by atoms with E-state index in [-0.39, 0.29) is 5.95 Å². The van der Waals surface area contributed by atoms with Crippen molar-refractivity contribution in [2.45, 2.75) is 6.92 Å². The maximum absolute atomic E-state index is 5.42. The predicted octanol–water partition coefficient (Wildman–Crippen LogP) is 0.203. The lowest BCUT2D eigenvalue weighted by molar-refractivity contribution is 0.710. The summed E-state index contributed by atoms with van der Waals surface area (Å²) >= 11 is 1.61. The van der Waals surface area contributed by atoms with Crippen LogP contribution in [-0.4, -0.2) is 26.5 Å². The van der Waals surface area contributed by atoms with Gasteiger partial charge in [-0.05, 0) is 34.4 Å². The van der Waals surface area contributed by atoms with E-state index in [0.29, 0.717) is 0 Å². The van der Waals surface area contributed by atoms with Crippen LogP contribution in [-0.2, 0) is 0 Å². The Morgan fingerprint density at radius 3 is 3.13 bits per heavy atom. The molecule has 78 valence electrons. The highest BCUT2D eigenvalue weighted by molar-refractivity contribution is 7.11. The molecule has 3 N–H and O–H groups in total. The van der Waals surface area contributed by atoms with E-state index in [1.807, 2.05) is 18.4 Å². The lowest BCUT2D eigenvalue weighted by atomic mass is 10.3. The maximum atomic E-state index is 5.42. The third-order valence-corrected chi connectivity index (χ3v) is 2.68. The quantitative estimate of drug-likeness (QED) is 0.572. The van der Waals surface area contributed by atoms with Gasteiger partial charge in [-0.15, -0.1) is 16.1 Å². The SMILES string of the molecule is Cc1ccsc1/C=N/Nn1nnnc1N. The summed E-state index contributed by atoms with van der Waals surface area (Å²) in [5.74, 6) is 0.162. The van der Waals surface area contributed by atoms with Crippen molar-refractivity contribution < 1.29 is 0 Å². The van der Waals surface area contributed by atoms with Crippen LogP contribution in [0.25, 0.3) is 0 Å². The minimum atomic E-state index is 0.162. The van der Waals surface area contributed by atoms with E-state index in [2.05, 4.69) is 26.2 Å². The first kappa shape index (κ1) is 9.59. The molecule has 0 saturated carbocycles. The zero-order chi connectivity index (χ0) is 10.7. The zero-order valence-corrected chi connectivity index (χ0v) is 8.77. The van der Waals surface area contributed by atoms with Gasteiger partial charge in [0, 0.05) is 0 Å². The molecule has 2 aromatic heterocycles. The van der Waals surface area contributed by atoms with Crippen LogP contribution < -0.4 is 11.3 Å². The average Bonchev–Trinajstić information content (AvgIpc) is 2.78. The Labute approximate surface area is 89.6 Å². The van der Waals surface area contributed by atoms with Crippen molar-refractivity contribution in [2.24, 2.45) is 5.10 Å². The Balaban J connectivity index is 2.02. The Hall–Kier alpha value is -1.96. The van der Waals surface area contributed by atoms with E-state index in [1.165, 1.54) is 10.4 Å². The van der Waals surface area contributed by atoms with Crippen LogP contribution in [0.5, 0.6) is 0 Å². The van der Waals surface area contributed by atoms with Crippen LogP contribution in [0, 0.1) is 6.92 Å². The molecule has 7 nitrogen and oxygen atoms in total. The molecule has 0 unspecified atom stereocenters. The van der Waals surface area contributed by atoms with Crippen molar-refractivity contribution in [1.29, 1.82) is 0 Å². The van der Waals surface area contributed by atoms with E-state index in [4.69, 9.17) is 5.73 Å². The summed E-state index contributed by atoms with van der Waals surface area (Å²) in [4.78, 5) is 2.26. The van der Waals surface area contributed by atoms with Crippen molar-refractivity contribution in [3.8, 4) is 0 Å². The molecule has 15 heavy (non-hydrogen) atoms. The third kappa shape index (κ3) is 2.10. The van der Waals surface area contributed by atoms with Gasteiger partial charge in [0.2, 0.25) is 0 Å². The standard InChI is InChI=1S/C7H9N7S/c1-5-2-3-15-6(5)4-9-12-14-7(8)10-11-13-14/h2-4,12H,1H3,(H2,8,10,13)/b9-4+. The maximum Gasteiger partial charge on any atom is 0.262 e. The van der Waals surface area contributed by atoms with E-state index >= 15 is 0 Å². The zero-order valence-electron chi connectivity index (χ0n) is 7.95. The van der Waals surface area contributed by atoms with Gasteiger partial charge < -0.3 is 5.73 Å². The molecule has 0 atom stereocenters. The minimum absolute atomic E-state index is 0.162. The number of aryl methyl sites for hydroxylation is 1. The van der Waals surface area contributed by atoms with Crippen LogP contribution in [0.15, 0.2) is 16.5 Å². The first-order valence-corrected chi connectivity index (χ1v) is 5.02. The topological polar surface area (TPSA) is 94.0 Å². The minimum Gasteiger partial charge on any atom is -0.365 e. The van der Waals surface area contributed by atoms with Crippen molar-refractivity contribution in [2.75, 3.05) is 11.3 Å². The van der Waals surface area contributed by atoms with Crippen molar-refractivity contribution in [1.82, 2.24) is 20.3 Å². The van der Waals surface area contributed by atoms with Gasteiger partial charge in [0.1, 0.15) is 0 Å². The summed E-state index contributed by atoms with van der Waals surface area (Å²) < 4.78 is 0. The second-order valence-electron chi connectivity index (χ2n) is 2.77. The van der Waals surface area contributed by atoms with Crippen molar-refractivity contribution in [3.05, 3.63) is 21.9 Å². The van der Waals surface area contributed by atoms with E-state index in [1.54, 1.807) is 17.6 Å². The number of nitrogens with two attached hydrogens (primary N) is 1. The average molecular weight is 223 g/mol. The van der Waals surface area contributed by atoms with Crippen LogP contribution in [0.2, 0.25) is 0 Å². The van der Waals surface area contributed by atoms with Crippen LogP contribution >= 0.6 is 11.3 Å². The van der Waals surface area contributed by atoms with Gasteiger partial charge in [0.25, 0.3) is 5.95 Å². The molecule has 0 spiro atoms. The second kappa shape index (κ2) is 4.05. The summed E-state index contributed by atoms with van der Waals surface area (Å²) in [7, 11) is 0. The Bertz CT molecular complexity index is 471. The highest BCUT2D eigenvalue weighted by Crippen LogP contribution is 2.12. The Morgan fingerprint density at radius 1 is 1.67 bits per heavy atom. The molecule has 0 aliphatic heterocycles. The first-order chi connectivity index (χ1) is 7.27. The number of aromatic nitrogens is 4. The van der Waals surface area contributed by atoms with Gasteiger partial charge in [0.05, 0.1) is 11.1 Å². The van der Waals surface area contributed by atoms with Gasteiger partial charge in [-0.2, -0.15) is 10.6 Å². The molecule has 0 amide bonds. The fourth-order valence-corrected chi connectivity index (χ4v) is 1.71. The van der Waals surface area contributed by atoms with Crippen LogP contribution in [0.1, 0.15) is 10.4 Å². The number of nitrogen functional groups attached to an aromatic ring is 1. The molecular formula is C7H9N7S. The molecule has 2 heterocycles. The summed E-state index contributed by atoms with van der Waals surface area (Å²) in [6, 6.07) is 2.03. The van der Waals surface area contributed by atoms with Gasteiger partial charge in [-0.3, -0.25) is 0 Å². The second-order valence-corrected chi connectivity index (χ2v) is 3.72. The molecule has 2 aromatic rings. The lowest BCUT2D eigenvalue weighted by Crippen LogP contribution is -2.13. The fraction of sp³-hybridized carbons (Fsp3) is 0.143. The Morgan fingerprint density at radius 2 is 2.53 bits per heavy atom. The number of hydrazone groups is 1. The molecule has 0 saturated heterocycles. The lowest BCUT2D eigenvalue weighted by Gasteiger charge is -1.97. The van der Waals surface area contributed by atoms with Gasteiger partial charge in [-0.25, -0.2) is 0 Å². The summed E-state index contributed by atoms with van der Waals surface area (Å²) in [5, 5.41) is 16.4. The molecule has 0 aliphatic rings. The predicted molar refractivity (Wildman–Crippen MR) is 58.2 cm³/mol. The van der Waals surface area contributed by atoms with Gasteiger partial charge in [-0.1, -0.05) is 5.10 Å². The van der Waals surface area contributed by atoms with Crippen LogP contribution in [0.3, 0.4) is 0 Å². The third-order valence-electron chi connectivity index (χ3n) is 1.73. The molecule has 8 heteroatoms.